The van der Waals surface area contributed by atoms with Gasteiger partial charge in [-0.05, 0) is 47.5 Å². The third-order valence-electron chi connectivity index (χ3n) is 6.06. The van der Waals surface area contributed by atoms with Gasteiger partial charge >= 0.3 is 12.2 Å². The predicted octanol–water partition coefficient (Wildman–Crippen LogP) is 3.18. The molecule has 3 aromatic rings. The molecule has 212 valence electrons. The van der Waals surface area contributed by atoms with Gasteiger partial charge < -0.3 is 25.6 Å². The number of amides is 4. The molecule has 4 amide bonds. The summed E-state index contributed by atoms with van der Waals surface area (Å²) in [7, 11) is 1.34. The van der Waals surface area contributed by atoms with E-state index in [-0.39, 0.29) is 23.8 Å². The van der Waals surface area contributed by atoms with Gasteiger partial charge in [-0.15, -0.1) is 0 Å². The van der Waals surface area contributed by atoms with E-state index in [0.29, 0.717) is 16.1 Å². The molecule has 1 saturated heterocycles. The standard InChI is InChI=1S/C24H23ClF3N7O5/c1-12-19(34-40-33-12)21(36)32-20(13-3-5-15(25)6-4-13)22(37)31-18-9-14(7-8-29-18)16(11-39-2)35-10-17(24(26,27)28)30-23(35)38/h3-9,16-17,20H,10-11H2,1-2H3,(H,30,38)(H,32,36)(H,29,31,37)/t16-,17+,20+/m1/s1. The minimum Gasteiger partial charge on any atom is -0.382 e. The van der Waals surface area contributed by atoms with Crippen molar-refractivity contribution in [1.82, 2.24) is 30.8 Å². The zero-order valence-electron chi connectivity index (χ0n) is 21.0. The monoisotopic (exact) mass is 581 g/mol. The number of carbonyl (C=O) groups excluding carboxylic acids is 3. The highest BCUT2D eigenvalue weighted by molar-refractivity contribution is 6.30. The maximum atomic E-state index is 13.4. The van der Waals surface area contributed by atoms with Crippen LogP contribution in [0.25, 0.3) is 0 Å². The Bertz CT molecular complexity index is 1390. The van der Waals surface area contributed by atoms with Crippen LogP contribution in [-0.2, 0) is 9.53 Å². The SMILES string of the molecule is COC[C@H](c1ccnc(NC(=O)[C@@H](NC(=O)c2nonc2C)c2ccc(Cl)cc2)c1)N1C[C@@H](C(F)(F)F)NC1=O. The van der Waals surface area contributed by atoms with E-state index in [4.69, 9.17) is 16.3 Å². The van der Waals surface area contributed by atoms with Crippen LogP contribution in [-0.4, -0.2) is 70.5 Å². The number of pyridine rings is 1. The number of urea groups is 1. The highest BCUT2D eigenvalue weighted by atomic mass is 35.5. The second kappa shape index (κ2) is 11.9. The number of hydrogen-bond acceptors (Lipinski definition) is 8. The number of aryl methyl sites for hydroxylation is 1. The maximum Gasteiger partial charge on any atom is 0.410 e. The van der Waals surface area contributed by atoms with Crippen molar-refractivity contribution in [3.05, 3.63) is 70.1 Å². The Morgan fingerprint density at radius 2 is 1.95 bits per heavy atom. The molecule has 1 aliphatic heterocycles. The lowest BCUT2D eigenvalue weighted by Crippen LogP contribution is -2.40. The van der Waals surface area contributed by atoms with Crippen LogP contribution in [0.2, 0.25) is 5.02 Å². The first-order chi connectivity index (χ1) is 19.0. The van der Waals surface area contributed by atoms with Gasteiger partial charge in [0.2, 0.25) is 0 Å². The van der Waals surface area contributed by atoms with Crippen LogP contribution < -0.4 is 16.0 Å². The Hall–Kier alpha value is -4.24. The van der Waals surface area contributed by atoms with Crippen molar-refractivity contribution in [2.75, 3.05) is 25.6 Å². The molecule has 12 nitrogen and oxygen atoms in total. The van der Waals surface area contributed by atoms with E-state index in [1.54, 1.807) is 12.1 Å². The van der Waals surface area contributed by atoms with E-state index in [2.05, 4.69) is 30.6 Å². The Labute approximate surface area is 230 Å². The van der Waals surface area contributed by atoms with Gasteiger partial charge in [-0.2, -0.15) is 13.2 Å². The van der Waals surface area contributed by atoms with Gasteiger partial charge in [0.25, 0.3) is 11.8 Å². The molecule has 0 aliphatic carbocycles. The smallest absolute Gasteiger partial charge is 0.382 e. The summed E-state index contributed by atoms with van der Waals surface area (Å²) in [5.74, 6) is -1.41. The highest BCUT2D eigenvalue weighted by Crippen LogP contribution is 2.31. The molecule has 3 atom stereocenters. The Balaban J connectivity index is 1.58. The van der Waals surface area contributed by atoms with Gasteiger partial charge in [-0.1, -0.05) is 28.9 Å². The number of carbonyl (C=O) groups is 3. The highest BCUT2D eigenvalue weighted by Gasteiger charge is 2.48. The van der Waals surface area contributed by atoms with E-state index >= 15 is 0 Å². The molecular formula is C24H23ClF3N7O5. The number of hydrogen-bond donors (Lipinski definition) is 3. The summed E-state index contributed by atoms with van der Waals surface area (Å²) >= 11 is 5.97. The van der Waals surface area contributed by atoms with Crippen molar-refractivity contribution in [3.63, 3.8) is 0 Å². The molecule has 40 heavy (non-hydrogen) atoms. The normalized spacial score (nSPS) is 16.8. The molecule has 2 aromatic heterocycles. The Morgan fingerprint density at radius 3 is 2.55 bits per heavy atom. The molecule has 0 saturated carbocycles. The van der Waals surface area contributed by atoms with Crippen LogP contribution in [0, 0.1) is 6.92 Å². The first kappa shape index (κ1) is 28.8. The molecule has 1 fully saturated rings. The summed E-state index contributed by atoms with van der Waals surface area (Å²) in [4.78, 5) is 43.7. The van der Waals surface area contributed by atoms with Crippen LogP contribution in [0.15, 0.2) is 47.2 Å². The number of anilines is 1. The lowest BCUT2D eigenvalue weighted by Gasteiger charge is -2.27. The fourth-order valence-electron chi connectivity index (χ4n) is 4.05. The minimum absolute atomic E-state index is 0.0167. The average molecular weight is 582 g/mol. The molecule has 3 heterocycles. The van der Waals surface area contributed by atoms with Crippen molar-refractivity contribution in [3.8, 4) is 0 Å². The topological polar surface area (TPSA) is 152 Å². The van der Waals surface area contributed by atoms with Crippen molar-refractivity contribution >= 4 is 35.3 Å². The number of alkyl halides is 3. The molecule has 3 N–H and O–H groups in total. The van der Waals surface area contributed by atoms with E-state index in [1.807, 2.05) is 5.32 Å². The Morgan fingerprint density at radius 1 is 1.23 bits per heavy atom. The van der Waals surface area contributed by atoms with Crippen LogP contribution in [0.3, 0.4) is 0 Å². The van der Waals surface area contributed by atoms with Crippen LogP contribution in [0.1, 0.15) is 39.4 Å². The van der Waals surface area contributed by atoms with Gasteiger partial charge in [0.15, 0.2) is 5.69 Å². The molecule has 0 radical (unpaired) electrons. The number of methoxy groups -OCH3 is 1. The largest absolute Gasteiger partial charge is 0.410 e. The first-order valence-electron chi connectivity index (χ1n) is 11.7. The zero-order valence-corrected chi connectivity index (χ0v) is 21.8. The molecule has 4 rings (SSSR count). The van der Waals surface area contributed by atoms with Gasteiger partial charge in [0.05, 0.1) is 19.2 Å². The fraction of sp³-hybridized carbons (Fsp3) is 0.333. The molecule has 1 aromatic carbocycles. The van der Waals surface area contributed by atoms with Crippen LogP contribution >= 0.6 is 11.6 Å². The summed E-state index contributed by atoms with van der Waals surface area (Å²) < 4.78 is 49.4. The quantitative estimate of drug-likeness (QED) is 0.348. The van der Waals surface area contributed by atoms with Gasteiger partial charge in [-0.3, -0.25) is 9.59 Å². The number of nitrogens with one attached hydrogen (secondary N) is 3. The van der Waals surface area contributed by atoms with E-state index in [1.165, 1.54) is 44.5 Å². The number of ether oxygens (including phenoxy) is 1. The van der Waals surface area contributed by atoms with Crippen molar-refractivity contribution in [2.24, 2.45) is 0 Å². The summed E-state index contributed by atoms with van der Waals surface area (Å²) in [6.07, 6.45) is -3.30. The van der Waals surface area contributed by atoms with Gasteiger partial charge in [0.1, 0.15) is 23.6 Å². The summed E-state index contributed by atoms with van der Waals surface area (Å²) in [6, 6.07) is 3.97. The second-order valence-electron chi connectivity index (χ2n) is 8.79. The molecule has 16 heteroatoms. The maximum absolute atomic E-state index is 13.4. The average Bonchev–Trinajstić information content (AvgIpc) is 3.52. The van der Waals surface area contributed by atoms with E-state index in [9.17, 15) is 27.6 Å². The lowest BCUT2D eigenvalue weighted by atomic mass is 10.1. The van der Waals surface area contributed by atoms with Crippen molar-refractivity contribution in [2.45, 2.75) is 31.2 Å². The van der Waals surface area contributed by atoms with Gasteiger partial charge in [0, 0.05) is 18.3 Å². The number of nitrogens with zero attached hydrogens (tertiary/aromatic N) is 4. The number of halogens is 4. The number of aromatic nitrogens is 3. The summed E-state index contributed by atoms with van der Waals surface area (Å²) in [5.41, 5.74) is 0.839. The molecule has 0 spiro atoms. The molecule has 1 aliphatic rings. The first-order valence-corrected chi connectivity index (χ1v) is 12.1. The fourth-order valence-corrected chi connectivity index (χ4v) is 4.17. The Kier molecular flexibility index (Phi) is 8.54. The summed E-state index contributed by atoms with van der Waals surface area (Å²) in [6.45, 7) is 0.761. The van der Waals surface area contributed by atoms with Gasteiger partial charge in [-0.25, -0.2) is 14.4 Å². The number of rotatable bonds is 9. The third-order valence-corrected chi connectivity index (χ3v) is 6.31. The zero-order chi connectivity index (χ0) is 29.0. The van der Waals surface area contributed by atoms with E-state index in [0.717, 1.165) is 4.90 Å². The summed E-state index contributed by atoms with van der Waals surface area (Å²) in [5, 5.41) is 14.6. The third kappa shape index (κ3) is 6.48. The van der Waals surface area contributed by atoms with Crippen molar-refractivity contribution < 1.29 is 36.9 Å². The molecular weight excluding hydrogens is 559 g/mol. The molecule has 0 unspecified atom stereocenters. The lowest BCUT2D eigenvalue weighted by molar-refractivity contribution is -0.150. The van der Waals surface area contributed by atoms with Crippen molar-refractivity contribution in [1.29, 1.82) is 0 Å². The minimum atomic E-state index is -4.62. The number of benzene rings is 1. The van der Waals surface area contributed by atoms with Crippen LogP contribution in [0.5, 0.6) is 0 Å². The molecule has 0 bridgehead atoms. The second-order valence-corrected chi connectivity index (χ2v) is 9.22. The predicted molar refractivity (Wildman–Crippen MR) is 133 cm³/mol. The van der Waals surface area contributed by atoms with Crippen LogP contribution in [0.4, 0.5) is 23.8 Å². The van der Waals surface area contributed by atoms with E-state index < -0.39 is 48.7 Å².